The second-order valence-electron chi connectivity index (χ2n) is 5.45. The van der Waals surface area contributed by atoms with E-state index in [4.69, 9.17) is 21.9 Å². The lowest BCUT2D eigenvalue weighted by Gasteiger charge is -2.18. The first-order chi connectivity index (χ1) is 11.4. The molecule has 1 unspecified atom stereocenters. The minimum atomic E-state index is -1.25. The van der Waals surface area contributed by atoms with E-state index in [0.29, 0.717) is 32.4 Å². The molecule has 0 radical (unpaired) electrons. The van der Waals surface area contributed by atoms with Crippen LogP contribution in [-0.2, 0) is 11.2 Å². The van der Waals surface area contributed by atoms with Crippen LogP contribution in [0.1, 0.15) is 18.4 Å². The maximum absolute atomic E-state index is 11.9. The Balaban J connectivity index is 2.28. The van der Waals surface area contributed by atoms with Crippen LogP contribution in [0.25, 0.3) is 0 Å². The summed E-state index contributed by atoms with van der Waals surface area (Å²) in [6.45, 7) is 0.838. The van der Waals surface area contributed by atoms with Gasteiger partial charge in [-0.2, -0.15) is 0 Å². The van der Waals surface area contributed by atoms with Crippen molar-refractivity contribution in [3.63, 3.8) is 0 Å². The molecule has 2 atom stereocenters. The number of carbonyl (C=O) groups excluding carboxylic acids is 1. The molecule has 1 aromatic rings. The van der Waals surface area contributed by atoms with Crippen molar-refractivity contribution in [3.05, 3.63) is 29.8 Å². The molecule has 8 heteroatoms. The van der Waals surface area contributed by atoms with Gasteiger partial charge in [0.25, 0.3) is 0 Å². The number of nitrogens with two attached hydrogens (primary N) is 3. The van der Waals surface area contributed by atoms with E-state index in [1.54, 1.807) is 7.11 Å². The van der Waals surface area contributed by atoms with Gasteiger partial charge in [0.15, 0.2) is 5.96 Å². The maximum atomic E-state index is 11.9. The Hall–Kier alpha value is -2.32. The molecular formula is C16H27N5O3. The van der Waals surface area contributed by atoms with E-state index in [9.17, 15) is 9.90 Å². The number of hydrogen-bond donors (Lipinski definition) is 5. The van der Waals surface area contributed by atoms with Gasteiger partial charge in [-0.25, -0.2) is 0 Å². The molecule has 1 aromatic carbocycles. The van der Waals surface area contributed by atoms with Gasteiger partial charge in [0.1, 0.15) is 11.9 Å². The van der Waals surface area contributed by atoms with Crippen molar-refractivity contribution in [2.24, 2.45) is 22.2 Å². The molecule has 0 bridgehead atoms. The number of nitrogens with one attached hydrogen (secondary N) is 1. The highest BCUT2D eigenvalue weighted by molar-refractivity contribution is 5.81. The molecule has 0 saturated heterocycles. The number of amides is 1. The van der Waals surface area contributed by atoms with Crippen LogP contribution in [0.15, 0.2) is 29.3 Å². The number of carbonyl (C=O) groups is 1. The second-order valence-corrected chi connectivity index (χ2v) is 5.45. The van der Waals surface area contributed by atoms with E-state index in [1.807, 2.05) is 24.3 Å². The first-order valence-electron chi connectivity index (χ1n) is 7.83. The molecule has 0 fully saturated rings. The topological polar surface area (TPSA) is 149 Å². The molecule has 0 heterocycles. The smallest absolute Gasteiger partial charge is 0.250 e. The number of ether oxygens (including phenoxy) is 1. The first-order valence-corrected chi connectivity index (χ1v) is 7.83. The molecule has 0 aliphatic carbocycles. The van der Waals surface area contributed by atoms with Gasteiger partial charge in [0, 0.05) is 19.1 Å². The van der Waals surface area contributed by atoms with Crippen molar-refractivity contribution in [3.8, 4) is 5.75 Å². The predicted octanol–water partition coefficient (Wildman–Crippen LogP) is -0.904. The SMILES string of the molecule is COc1ccc(CCNC(=O)C(O)[C@@H](N)CCCN=C(N)N)cc1. The van der Waals surface area contributed by atoms with Crippen molar-refractivity contribution in [1.82, 2.24) is 5.32 Å². The van der Waals surface area contributed by atoms with E-state index in [2.05, 4.69) is 10.3 Å². The van der Waals surface area contributed by atoms with Crippen molar-refractivity contribution in [2.45, 2.75) is 31.4 Å². The number of aliphatic hydroxyl groups excluding tert-OH is 1. The Morgan fingerprint density at radius 2 is 2.00 bits per heavy atom. The zero-order valence-corrected chi connectivity index (χ0v) is 13.9. The summed E-state index contributed by atoms with van der Waals surface area (Å²) >= 11 is 0. The monoisotopic (exact) mass is 337 g/mol. The Morgan fingerprint density at radius 3 is 2.58 bits per heavy atom. The molecule has 1 amide bonds. The third kappa shape index (κ3) is 7.30. The first kappa shape index (κ1) is 19.7. The van der Waals surface area contributed by atoms with Gasteiger partial charge < -0.3 is 32.4 Å². The third-order valence-electron chi connectivity index (χ3n) is 3.54. The van der Waals surface area contributed by atoms with E-state index in [0.717, 1.165) is 11.3 Å². The second kappa shape index (κ2) is 10.5. The maximum Gasteiger partial charge on any atom is 0.250 e. The van der Waals surface area contributed by atoms with E-state index < -0.39 is 18.1 Å². The molecule has 0 spiro atoms. The van der Waals surface area contributed by atoms with Crippen molar-refractivity contribution < 1.29 is 14.6 Å². The number of hydrogen-bond acceptors (Lipinski definition) is 5. The Morgan fingerprint density at radius 1 is 1.33 bits per heavy atom. The molecule has 24 heavy (non-hydrogen) atoms. The summed E-state index contributed by atoms with van der Waals surface area (Å²) < 4.78 is 5.08. The molecule has 0 aliphatic rings. The number of methoxy groups -OCH3 is 1. The van der Waals surface area contributed by atoms with Crippen LogP contribution in [0.3, 0.4) is 0 Å². The van der Waals surface area contributed by atoms with Crippen molar-refractivity contribution in [2.75, 3.05) is 20.2 Å². The highest BCUT2D eigenvalue weighted by Crippen LogP contribution is 2.11. The summed E-state index contributed by atoms with van der Waals surface area (Å²) in [5.74, 6) is 0.322. The molecular weight excluding hydrogens is 310 g/mol. The van der Waals surface area contributed by atoms with Gasteiger partial charge >= 0.3 is 0 Å². The normalized spacial score (nSPS) is 13.0. The minimum absolute atomic E-state index is 0.0143. The lowest BCUT2D eigenvalue weighted by Crippen LogP contribution is -2.46. The summed E-state index contributed by atoms with van der Waals surface area (Å²) in [6.07, 6.45) is 0.446. The van der Waals surface area contributed by atoms with Gasteiger partial charge in [-0.3, -0.25) is 9.79 Å². The fraction of sp³-hybridized carbons (Fsp3) is 0.500. The van der Waals surface area contributed by atoms with E-state index >= 15 is 0 Å². The van der Waals surface area contributed by atoms with E-state index in [1.165, 1.54) is 0 Å². The summed E-state index contributed by atoms with van der Waals surface area (Å²) in [5, 5.41) is 12.6. The Bertz CT molecular complexity index is 529. The number of aliphatic imine (C=N–C) groups is 1. The fourth-order valence-electron chi connectivity index (χ4n) is 2.11. The van der Waals surface area contributed by atoms with Gasteiger partial charge in [-0.05, 0) is 37.0 Å². The Kier molecular flexibility index (Phi) is 8.59. The average molecular weight is 337 g/mol. The average Bonchev–Trinajstić information content (AvgIpc) is 2.58. The molecule has 134 valence electrons. The van der Waals surface area contributed by atoms with Crippen LogP contribution in [0, 0.1) is 0 Å². The lowest BCUT2D eigenvalue weighted by atomic mass is 10.1. The molecule has 8 N–H and O–H groups in total. The number of aliphatic hydroxyl groups is 1. The summed E-state index contributed by atoms with van der Waals surface area (Å²) in [4.78, 5) is 15.7. The molecule has 0 aliphatic heterocycles. The summed E-state index contributed by atoms with van der Waals surface area (Å²) in [6, 6.07) is 6.92. The zero-order chi connectivity index (χ0) is 17.9. The van der Waals surface area contributed by atoms with Crippen molar-refractivity contribution in [1.29, 1.82) is 0 Å². The number of nitrogens with zero attached hydrogens (tertiary/aromatic N) is 1. The van der Waals surface area contributed by atoms with Crippen LogP contribution in [0.5, 0.6) is 5.75 Å². The van der Waals surface area contributed by atoms with Crippen LogP contribution in [0.2, 0.25) is 0 Å². The lowest BCUT2D eigenvalue weighted by molar-refractivity contribution is -0.130. The van der Waals surface area contributed by atoms with Gasteiger partial charge in [0.05, 0.1) is 7.11 Å². The molecule has 0 saturated carbocycles. The van der Waals surface area contributed by atoms with Gasteiger partial charge in [-0.1, -0.05) is 12.1 Å². The standard InChI is InChI=1S/C16H27N5O3/c1-24-12-6-4-11(5-7-12)8-10-20-15(23)14(22)13(17)3-2-9-21-16(18)19/h4-7,13-14,22H,2-3,8-10,17H2,1H3,(H,20,23)(H4,18,19,21)/t13-,14?/m0/s1. The predicted molar refractivity (Wildman–Crippen MR) is 93.6 cm³/mol. The van der Waals surface area contributed by atoms with Gasteiger partial charge in [0.2, 0.25) is 5.91 Å². The van der Waals surface area contributed by atoms with Gasteiger partial charge in [-0.15, -0.1) is 0 Å². The van der Waals surface area contributed by atoms with Crippen molar-refractivity contribution >= 4 is 11.9 Å². The third-order valence-corrected chi connectivity index (χ3v) is 3.54. The van der Waals surface area contributed by atoms with Crippen LogP contribution < -0.4 is 27.3 Å². The summed E-state index contributed by atoms with van der Waals surface area (Å²) in [5.41, 5.74) is 17.3. The number of benzene rings is 1. The van der Waals surface area contributed by atoms with E-state index in [-0.39, 0.29) is 5.96 Å². The Labute approximate surface area is 142 Å². The molecule has 0 aromatic heterocycles. The number of rotatable bonds is 10. The van der Waals surface area contributed by atoms with Crippen LogP contribution in [0.4, 0.5) is 0 Å². The number of guanidine groups is 1. The van der Waals surface area contributed by atoms with Crippen LogP contribution in [-0.4, -0.2) is 49.3 Å². The largest absolute Gasteiger partial charge is 0.497 e. The minimum Gasteiger partial charge on any atom is -0.497 e. The highest BCUT2D eigenvalue weighted by atomic mass is 16.5. The zero-order valence-electron chi connectivity index (χ0n) is 13.9. The highest BCUT2D eigenvalue weighted by Gasteiger charge is 2.21. The fourth-order valence-corrected chi connectivity index (χ4v) is 2.11. The molecule has 8 nitrogen and oxygen atoms in total. The quantitative estimate of drug-likeness (QED) is 0.212. The van der Waals surface area contributed by atoms with Crippen LogP contribution >= 0.6 is 0 Å². The summed E-state index contributed by atoms with van der Waals surface area (Å²) in [7, 11) is 1.61. The molecule has 1 rings (SSSR count).